The average molecular weight is 673 g/mol. The zero-order valence-corrected chi connectivity index (χ0v) is 26.4. The number of aromatic nitrogens is 4. The summed E-state index contributed by atoms with van der Waals surface area (Å²) < 4.78 is 24.6. The van der Waals surface area contributed by atoms with Crippen LogP contribution >= 0.6 is 11.8 Å². The third-order valence-electron chi connectivity index (χ3n) is 7.55. The van der Waals surface area contributed by atoms with Crippen LogP contribution in [0, 0.1) is 0 Å². The van der Waals surface area contributed by atoms with E-state index in [1.165, 1.54) is 47.8 Å². The second-order valence-electron chi connectivity index (χ2n) is 10.5. The van der Waals surface area contributed by atoms with Gasteiger partial charge < -0.3 is 29.4 Å². The van der Waals surface area contributed by atoms with Gasteiger partial charge >= 0.3 is 11.9 Å². The Morgan fingerprint density at radius 2 is 1.79 bits per heavy atom. The van der Waals surface area contributed by atoms with Crippen molar-refractivity contribution in [3.8, 4) is 11.5 Å². The van der Waals surface area contributed by atoms with Gasteiger partial charge in [0.05, 0.1) is 17.7 Å². The summed E-state index contributed by atoms with van der Waals surface area (Å²) in [4.78, 5) is 53.6. The number of aryl methyl sites for hydroxylation is 1. The lowest BCUT2D eigenvalue weighted by atomic mass is 9.94. The van der Waals surface area contributed by atoms with E-state index in [1.807, 2.05) is 6.07 Å². The Bertz CT molecular complexity index is 1900. The molecule has 1 fully saturated rings. The number of fused-ring (bicyclic) bond motifs is 1. The Balaban J connectivity index is 1.25. The van der Waals surface area contributed by atoms with E-state index in [0.29, 0.717) is 22.0 Å². The molecule has 0 unspecified atom stereocenters. The van der Waals surface area contributed by atoms with E-state index in [1.54, 1.807) is 55.6 Å². The minimum absolute atomic E-state index is 0.0734. The van der Waals surface area contributed by atoms with Gasteiger partial charge in [-0.15, -0.1) is 5.10 Å². The van der Waals surface area contributed by atoms with Crippen LogP contribution in [0.3, 0.4) is 0 Å². The Hall–Kier alpha value is -5.58. The van der Waals surface area contributed by atoms with Crippen LogP contribution in [0.1, 0.15) is 26.3 Å². The van der Waals surface area contributed by atoms with Crippen LogP contribution in [0.25, 0.3) is 0 Å². The first kappa shape index (κ1) is 32.4. The molecule has 4 aromatic rings. The number of rotatable bonds is 12. The molecule has 2 aliphatic heterocycles. The van der Waals surface area contributed by atoms with Gasteiger partial charge in [0.2, 0.25) is 5.16 Å². The zero-order valence-electron chi connectivity index (χ0n) is 25.6. The van der Waals surface area contributed by atoms with Gasteiger partial charge in [0.15, 0.2) is 6.23 Å². The average Bonchev–Trinajstić information content (AvgIpc) is 3.52. The standard InChI is InChI=1S/C32H28N6O9S/c1-37-31(34-35-36-37)48-18-21-17-46-30-32(44-2,33-26(39)23-10-6-7-11-24(23)47-22-8-4-3-5-9-22)29(43)38(30)25(21)28(42)45-16-19-12-14-20(15-13-19)27(40)41/h3-15,30H,16-18H2,1-2H3,(H,33,39)(H,40,41)/t30-,32+/m1/s1. The van der Waals surface area contributed by atoms with E-state index in [2.05, 4.69) is 20.8 Å². The lowest BCUT2D eigenvalue weighted by Gasteiger charge is -2.55. The van der Waals surface area contributed by atoms with Gasteiger partial charge in [-0.25, -0.2) is 14.3 Å². The highest BCUT2D eigenvalue weighted by atomic mass is 32.2. The van der Waals surface area contributed by atoms with Crippen molar-refractivity contribution in [2.24, 2.45) is 7.05 Å². The molecule has 1 saturated heterocycles. The number of esters is 1. The molecule has 1 aromatic heterocycles. The van der Waals surface area contributed by atoms with Gasteiger partial charge in [0.25, 0.3) is 17.5 Å². The molecule has 6 rings (SSSR count). The second-order valence-corrected chi connectivity index (χ2v) is 11.5. The molecule has 48 heavy (non-hydrogen) atoms. The molecule has 0 bridgehead atoms. The van der Waals surface area contributed by atoms with Crippen LogP contribution in [0.2, 0.25) is 0 Å². The van der Waals surface area contributed by atoms with Crippen LogP contribution < -0.4 is 10.1 Å². The summed E-state index contributed by atoms with van der Waals surface area (Å²) in [5.74, 6) is -2.43. The van der Waals surface area contributed by atoms with Crippen LogP contribution in [0.15, 0.2) is 95.3 Å². The number of thioether (sulfide) groups is 1. The molecule has 0 radical (unpaired) electrons. The first-order valence-corrected chi connectivity index (χ1v) is 15.4. The summed E-state index contributed by atoms with van der Waals surface area (Å²) in [7, 11) is 2.91. The third kappa shape index (κ3) is 6.23. The van der Waals surface area contributed by atoms with Crippen molar-refractivity contribution < 1.29 is 43.2 Å². The number of hydrogen-bond donors (Lipinski definition) is 2. The highest BCUT2D eigenvalue weighted by Crippen LogP contribution is 2.42. The maximum Gasteiger partial charge on any atom is 0.355 e. The van der Waals surface area contributed by atoms with Crippen LogP contribution in [0.4, 0.5) is 0 Å². The molecular weight excluding hydrogens is 644 g/mol. The normalized spacial score (nSPS) is 18.5. The largest absolute Gasteiger partial charge is 0.478 e. The summed E-state index contributed by atoms with van der Waals surface area (Å²) in [6.45, 7) is -0.313. The fourth-order valence-electron chi connectivity index (χ4n) is 5.09. The summed E-state index contributed by atoms with van der Waals surface area (Å²) in [5.41, 5.74) is -0.883. The number of carboxylic acid groups (broad SMARTS) is 1. The van der Waals surface area contributed by atoms with E-state index < -0.39 is 35.7 Å². The monoisotopic (exact) mass is 672 g/mol. The zero-order chi connectivity index (χ0) is 33.8. The number of carbonyl (C=O) groups is 4. The molecule has 0 aliphatic carbocycles. The number of hydrogen-bond acceptors (Lipinski definition) is 12. The van der Waals surface area contributed by atoms with Crippen molar-refractivity contribution in [2.45, 2.75) is 23.7 Å². The molecule has 3 aromatic carbocycles. The van der Waals surface area contributed by atoms with Crippen molar-refractivity contribution in [1.29, 1.82) is 0 Å². The number of ether oxygens (including phenoxy) is 4. The molecule has 2 aliphatic rings. The molecule has 246 valence electrons. The number of methoxy groups -OCH3 is 1. The van der Waals surface area contributed by atoms with Crippen LogP contribution in [-0.2, 0) is 37.5 Å². The minimum Gasteiger partial charge on any atom is -0.478 e. The molecule has 0 spiro atoms. The first-order chi connectivity index (χ1) is 23.2. The summed E-state index contributed by atoms with van der Waals surface area (Å²) in [6, 6.07) is 21.3. The second kappa shape index (κ2) is 13.6. The van der Waals surface area contributed by atoms with Gasteiger partial charge in [-0.05, 0) is 58.0 Å². The van der Waals surface area contributed by atoms with Gasteiger partial charge in [-0.3, -0.25) is 14.5 Å². The number of amides is 2. The highest BCUT2D eigenvalue weighted by molar-refractivity contribution is 7.99. The number of aromatic carboxylic acids is 1. The van der Waals surface area contributed by atoms with E-state index in [9.17, 15) is 24.3 Å². The van der Waals surface area contributed by atoms with Crippen LogP contribution in [-0.4, -0.2) is 85.4 Å². The smallest absolute Gasteiger partial charge is 0.355 e. The van der Waals surface area contributed by atoms with E-state index in [4.69, 9.17) is 18.9 Å². The lowest BCUT2D eigenvalue weighted by Crippen LogP contribution is -2.82. The molecule has 2 amide bonds. The Labute approximate surface area is 277 Å². The summed E-state index contributed by atoms with van der Waals surface area (Å²) in [5, 5.41) is 23.7. The van der Waals surface area contributed by atoms with Gasteiger partial charge in [0.1, 0.15) is 23.8 Å². The molecule has 2 atom stereocenters. The number of carboxylic acids is 1. The molecule has 16 heteroatoms. The summed E-state index contributed by atoms with van der Waals surface area (Å²) in [6.07, 6.45) is -1.22. The minimum atomic E-state index is -1.97. The van der Waals surface area contributed by atoms with Crippen molar-refractivity contribution in [1.82, 2.24) is 30.4 Å². The fraction of sp³-hybridized carbons (Fsp3) is 0.219. The third-order valence-corrected chi connectivity index (χ3v) is 8.65. The molecule has 3 heterocycles. The maximum absolute atomic E-state index is 13.9. The fourth-order valence-corrected chi connectivity index (χ4v) is 5.93. The Morgan fingerprint density at radius 3 is 2.48 bits per heavy atom. The number of benzene rings is 3. The van der Waals surface area contributed by atoms with E-state index in [-0.39, 0.29) is 41.5 Å². The maximum atomic E-state index is 13.9. The lowest BCUT2D eigenvalue weighted by molar-refractivity contribution is -0.256. The number of para-hydroxylation sites is 2. The number of tetrazole rings is 1. The van der Waals surface area contributed by atoms with Gasteiger partial charge in [0, 0.05) is 19.9 Å². The highest BCUT2D eigenvalue weighted by Gasteiger charge is 2.67. The van der Waals surface area contributed by atoms with Crippen molar-refractivity contribution in [3.63, 3.8) is 0 Å². The van der Waals surface area contributed by atoms with E-state index >= 15 is 0 Å². The van der Waals surface area contributed by atoms with Crippen LogP contribution in [0.5, 0.6) is 11.5 Å². The molecule has 0 saturated carbocycles. The number of β-lactam (4-membered cyclic amide) rings is 1. The van der Waals surface area contributed by atoms with Gasteiger partial charge in [-0.2, -0.15) is 0 Å². The molecular formula is C32H28N6O9S. The quantitative estimate of drug-likeness (QED) is 0.0970. The Morgan fingerprint density at radius 1 is 1.06 bits per heavy atom. The van der Waals surface area contributed by atoms with Gasteiger partial charge in [-0.1, -0.05) is 54.2 Å². The SMILES string of the molecule is CO[C@@]1(NC(=O)c2ccccc2Oc2ccccc2)C(=O)N2C(C(=O)OCc3ccc(C(=O)O)cc3)=C(CSc3nnnn3C)CO[C@@H]21. The molecule has 2 N–H and O–H groups in total. The topological polar surface area (TPSA) is 184 Å². The molecule has 15 nitrogen and oxygen atoms in total. The summed E-state index contributed by atoms with van der Waals surface area (Å²) >= 11 is 1.22. The Kier molecular flexibility index (Phi) is 9.20. The number of nitrogens with one attached hydrogen (secondary N) is 1. The number of nitrogens with zero attached hydrogens (tertiary/aromatic N) is 5. The first-order valence-electron chi connectivity index (χ1n) is 14.4. The van der Waals surface area contributed by atoms with Crippen molar-refractivity contribution in [2.75, 3.05) is 19.5 Å². The van der Waals surface area contributed by atoms with Crippen molar-refractivity contribution in [3.05, 3.63) is 107 Å². The number of carbonyl (C=O) groups excluding carboxylic acids is 3. The van der Waals surface area contributed by atoms with E-state index in [0.717, 1.165) is 4.90 Å². The predicted octanol–water partition coefficient (Wildman–Crippen LogP) is 2.76. The van der Waals surface area contributed by atoms with Crippen molar-refractivity contribution >= 4 is 35.5 Å². The predicted molar refractivity (Wildman–Crippen MR) is 166 cm³/mol.